The average Bonchev–Trinajstić information content (AvgIpc) is 3.23. The molecule has 2 saturated heterocycles. The summed E-state index contributed by atoms with van der Waals surface area (Å²) < 4.78 is 32.1. The van der Waals surface area contributed by atoms with Crippen LogP contribution >= 0.6 is 0 Å². The number of hydrogen-bond donors (Lipinski definition) is 3. The Morgan fingerprint density at radius 2 is 1.94 bits per heavy atom. The number of piperidine rings is 1. The van der Waals surface area contributed by atoms with Crippen LogP contribution < -0.4 is 16.0 Å². The molecule has 1 aromatic carbocycles. The molecule has 3 fully saturated rings. The molecule has 172 valence electrons. The summed E-state index contributed by atoms with van der Waals surface area (Å²) in [6, 6.07) is 7.23. The minimum atomic E-state index is -3.44. The van der Waals surface area contributed by atoms with Crippen molar-refractivity contribution in [3.63, 3.8) is 0 Å². The lowest BCUT2D eigenvalue weighted by molar-refractivity contribution is -0.123. The lowest BCUT2D eigenvalue weighted by atomic mass is 9.94. The normalized spacial score (nSPS) is 31.2. The summed E-state index contributed by atoms with van der Waals surface area (Å²) in [5, 5.41) is 9.39. The first-order valence-corrected chi connectivity index (χ1v) is 13.2. The van der Waals surface area contributed by atoms with Crippen molar-refractivity contribution in [3.05, 3.63) is 29.8 Å². The Hall–Kier alpha value is -1.48. The number of carbonyl (C=O) groups excluding carboxylic acids is 1. The van der Waals surface area contributed by atoms with Gasteiger partial charge in [-0.2, -0.15) is 0 Å². The highest BCUT2D eigenvalue weighted by atomic mass is 32.2. The lowest BCUT2D eigenvalue weighted by Gasteiger charge is -2.30. The van der Waals surface area contributed by atoms with Crippen molar-refractivity contribution in [2.75, 3.05) is 19.7 Å². The highest BCUT2D eigenvalue weighted by Gasteiger charge is 2.38. The van der Waals surface area contributed by atoms with Crippen LogP contribution in [-0.4, -0.2) is 57.5 Å². The van der Waals surface area contributed by atoms with E-state index in [1.54, 1.807) is 24.3 Å². The molecule has 1 saturated carbocycles. The smallest absolute Gasteiger partial charge is 0.237 e. The summed E-state index contributed by atoms with van der Waals surface area (Å²) in [6.45, 7) is 4.82. The second kappa shape index (κ2) is 9.98. The van der Waals surface area contributed by atoms with Crippen molar-refractivity contribution in [1.29, 1.82) is 0 Å². The number of rotatable bonds is 7. The monoisotopic (exact) mass is 449 g/mol. The summed E-state index contributed by atoms with van der Waals surface area (Å²) in [6.07, 6.45) is 5.10. The van der Waals surface area contributed by atoms with E-state index in [2.05, 4.69) is 16.0 Å². The molecule has 0 radical (unpaired) electrons. The summed E-state index contributed by atoms with van der Waals surface area (Å²) >= 11 is 0. The van der Waals surface area contributed by atoms with Crippen LogP contribution in [0, 0.1) is 5.92 Å². The van der Waals surface area contributed by atoms with Crippen LogP contribution in [0.2, 0.25) is 0 Å². The topological polar surface area (TPSA) is 96.5 Å². The van der Waals surface area contributed by atoms with Gasteiger partial charge < -0.3 is 20.7 Å². The van der Waals surface area contributed by atoms with Gasteiger partial charge in [0, 0.05) is 19.2 Å². The fourth-order valence-corrected chi connectivity index (χ4v) is 7.26. The van der Waals surface area contributed by atoms with Crippen molar-refractivity contribution >= 4 is 15.7 Å². The third-order valence-electron chi connectivity index (χ3n) is 7.02. The third kappa shape index (κ3) is 5.13. The predicted molar refractivity (Wildman–Crippen MR) is 119 cm³/mol. The summed E-state index contributed by atoms with van der Waals surface area (Å²) in [4.78, 5) is 12.9. The molecule has 31 heavy (non-hydrogen) atoms. The van der Waals surface area contributed by atoms with Crippen molar-refractivity contribution in [3.8, 4) is 0 Å². The quantitative estimate of drug-likeness (QED) is 0.587. The Balaban J connectivity index is 1.34. The van der Waals surface area contributed by atoms with Crippen LogP contribution in [0.25, 0.3) is 0 Å². The highest BCUT2D eigenvalue weighted by molar-refractivity contribution is 7.92. The number of nitrogens with one attached hydrogen (secondary N) is 3. The van der Waals surface area contributed by atoms with E-state index in [1.165, 1.54) is 0 Å². The van der Waals surface area contributed by atoms with Gasteiger partial charge in [0.05, 0.1) is 22.3 Å². The number of benzene rings is 1. The van der Waals surface area contributed by atoms with Crippen LogP contribution in [0.15, 0.2) is 29.2 Å². The van der Waals surface area contributed by atoms with Gasteiger partial charge >= 0.3 is 0 Å². The Morgan fingerprint density at radius 1 is 1.16 bits per heavy atom. The first kappa shape index (κ1) is 22.7. The van der Waals surface area contributed by atoms with Crippen LogP contribution in [0.1, 0.15) is 51.0 Å². The van der Waals surface area contributed by atoms with Gasteiger partial charge in [0.1, 0.15) is 0 Å². The van der Waals surface area contributed by atoms with Gasteiger partial charge in [-0.3, -0.25) is 4.79 Å². The molecular weight excluding hydrogens is 414 g/mol. The van der Waals surface area contributed by atoms with E-state index < -0.39 is 15.1 Å². The zero-order chi connectivity index (χ0) is 21.8. The van der Waals surface area contributed by atoms with E-state index in [1.807, 2.05) is 6.92 Å². The number of carbonyl (C=O) groups is 1. The molecular formula is C23H35N3O4S. The Labute approximate surface area is 185 Å². The average molecular weight is 450 g/mol. The SMILES string of the molecule is CCOC1CCCCC1S(=O)(=O)c1ccc(CNC(=O)C2CC3CNCCC3N2)cc1. The van der Waals surface area contributed by atoms with E-state index in [0.717, 1.165) is 50.8 Å². The van der Waals surface area contributed by atoms with Crippen molar-refractivity contribution in [1.82, 2.24) is 16.0 Å². The number of amides is 1. The molecule has 0 spiro atoms. The fourth-order valence-electron chi connectivity index (χ4n) is 5.31. The molecule has 7 nitrogen and oxygen atoms in total. The highest BCUT2D eigenvalue weighted by Crippen LogP contribution is 2.31. The van der Waals surface area contributed by atoms with Crippen LogP contribution in [0.4, 0.5) is 0 Å². The van der Waals surface area contributed by atoms with Crippen molar-refractivity contribution in [2.24, 2.45) is 5.92 Å². The minimum Gasteiger partial charge on any atom is -0.377 e. The van der Waals surface area contributed by atoms with E-state index in [9.17, 15) is 13.2 Å². The molecule has 4 rings (SSSR count). The maximum absolute atomic E-state index is 13.2. The molecule has 1 amide bonds. The van der Waals surface area contributed by atoms with Crippen LogP contribution in [-0.2, 0) is 25.9 Å². The third-order valence-corrected chi connectivity index (χ3v) is 9.28. The molecule has 5 unspecified atom stereocenters. The molecule has 3 N–H and O–H groups in total. The van der Waals surface area contributed by atoms with Crippen molar-refractivity contribution < 1.29 is 17.9 Å². The first-order chi connectivity index (χ1) is 15.0. The molecule has 8 heteroatoms. The van der Waals surface area contributed by atoms with Gasteiger partial charge in [0.2, 0.25) is 5.91 Å². The maximum Gasteiger partial charge on any atom is 0.237 e. The van der Waals surface area contributed by atoms with Gasteiger partial charge in [-0.15, -0.1) is 0 Å². The molecule has 0 aromatic heterocycles. The second-order valence-corrected chi connectivity index (χ2v) is 11.2. The van der Waals surface area contributed by atoms with Crippen LogP contribution in [0.5, 0.6) is 0 Å². The molecule has 2 heterocycles. The maximum atomic E-state index is 13.2. The number of sulfone groups is 1. The Bertz CT molecular complexity index is 842. The van der Waals surface area contributed by atoms with E-state index in [4.69, 9.17) is 4.74 Å². The van der Waals surface area contributed by atoms with Gasteiger partial charge in [-0.1, -0.05) is 25.0 Å². The summed E-state index contributed by atoms with van der Waals surface area (Å²) in [5.74, 6) is 0.544. The van der Waals surface area contributed by atoms with E-state index in [-0.39, 0.29) is 18.1 Å². The largest absolute Gasteiger partial charge is 0.377 e. The van der Waals surface area contributed by atoms with Crippen molar-refractivity contribution in [2.45, 2.75) is 80.3 Å². The fraction of sp³-hybridized carbons (Fsp3) is 0.696. The molecule has 1 aliphatic carbocycles. The van der Waals surface area contributed by atoms with Gasteiger partial charge in [-0.05, 0) is 69.3 Å². The zero-order valence-electron chi connectivity index (χ0n) is 18.3. The number of fused-ring (bicyclic) bond motifs is 1. The number of ether oxygens (including phenoxy) is 1. The Morgan fingerprint density at radius 3 is 2.68 bits per heavy atom. The van der Waals surface area contributed by atoms with Crippen LogP contribution in [0.3, 0.4) is 0 Å². The first-order valence-electron chi connectivity index (χ1n) is 11.7. The number of hydrogen-bond acceptors (Lipinski definition) is 6. The summed E-state index contributed by atoms with van der Waals surface area (Å²) in [7, 11) is -3.44. The second-order valence-electron chi connectivity index (χ2n) is 9.04. The minimum absolute atomic E-state index is 0.0212. The van der Waals surface area contributed by atoms with Gasteiger partial charge in [0.15, 0.2) is 9.84 Å². The predicted octanol–water partition coefficient (Wildman–Crippen LogP) is 1.76. The zero-order valence-corrected chi connectivity index (χ0v) is 19.1. The molecule has 5 atom stereocenters. The molecule has 2 aliphatic heterocycles. The van der Waals surface area contributed by atoms with E-state index >= 15 is 0 Å². The van der Waals surface area contributed by atoms with Gasteiger partial charge in [-0.25, -0.2) is 8.42 Å². The Kier molecular flexibility index (Phi) is 7.31. The molecule has 1 aromatic rings. The van der Waals surface area contributed by atoms with E-state index in [0.29, 0.717) is 36.4 Å². The lowest BCUT2D eigenvalue weighted by Crippen LogP contribution is -2.45. The standard InChI is InChI=1S/C23H35N3O4S/c1-2-30-21-5-3-4-6-22(21)31(28,29)18-9-7-16(8-10-18)14-25-23(27)20-13-17-15-24-12-11-19(17)26-20/h7-10,17,19-22,24,26H,2-6,11-15H2,1H3,(H,25,27). The summed E-state index contributed by atoms with van der Waals surface area (Å²) in [5.41, 5.74) is 0.898. The van der Waals surface area contributed by atoms with Gasteiger partial charge in [0.25, 0.3) is 0 Å². The molecule has 3 aliphatic rings. The molecule has 0 bridgehead atoms.